The van der Waals surface area contributed by atoms with Crippen molar-refractivity contribution < 1.29 is 0 Å². The van der Waals surface area contributed by atoms with E-state index in [1.54, 1.807) is 11.3 Å². The van der Waals surface area contributed by atoms with Crippen molar-refractivity contribution >= 4 is 29.2 Å². The fraction of sp³-hybridized carbons (Fsp3) is 0.375. The lowest BCUT2D eigenvalue weighted by Crippen LogP contribution is -1.77. The summed E-state index contributed by atoms with van der Waals surface area (Å²) in [5.41, 5.74) is 0. The van der Waals surface area contributed by atoms with Gasteiger partial charge in [-0.05, 0) is 24.8 Å². The molecule has 1 aromatic heterocycles. The largest absolute Gasteiger partial charge is 0.313 e. The molecule has 1 nitrogen and oxygen atoms in total. The summed E-state index contributed by atoms with van der Waals surface area (Å²) in [5.74, 6) is 1.09. The van der Waals surface area contributed by atoms with Gasteiger partial charge in [0.15, 0.2) is 0 Å². The van der Waals surface area contributed by atoms with Crippen LogP contribution in [0, 0.1) is 11.3 Å². The molecule has 1 aliphatic rings. The van der Waals surface area contributed by atoms with Gasteiger partial charge in [0.25, 0.3) is 0 Å². The summed E-state index contributed by atoms with van der Waals surface area (Å²) in [6.07, 6.45) is 2.68. The fourth-order valence-corrected chi connectivity index (χ4v) is 2.50. The summed E-state index contributed by atoms with van der Waals surface area (Å²) >= 11 is 7.42. The van der Waals surface area contributed by atoms with E-state index < -0.39 is 0 Å². The Morgan fingerprint density at radius 2 is 2.45 bits per heavy atom. The van der Waals surface area contributed by atoms with Crippen LogP contribution in [0.15, 0.2) is 12.1 Å². The molecule has 0 radical (unpaired) electrons. The van der Waals surface area contributed by atoms with Gasteiger partial charge in [-0.3, -0.25) is 0 Å². The third-order valence-electron chi connectivity index (χ3n) is 2.01. The Kier molecular flexibility index (Phi) is 1.74. The molecule has 1 aromatic rings. The quantitative estimate of drug-likeness (QED) is 0.685. The summed E-state index contributed by atoms with van der Waals surface area (Å²) in [7, 11) is 0. The lowest BCUT2D eigenvalue weighted by atomic mass is 10.3. The number of halogens is 1. The molecule has 2 unspecified atom stereocenters. The molecule has 1 N–H and O–H groups in total. The fourth-order valence-electron chi connectivity index (χ4n) is 1.25. The first-order valence-corrected chi connectivity index (χ1v) is 4.76. The average Bonchev–Trinajstić information content (AvgIpc) is 2.68. The molecule has 0 amide bonds. The summed E-state index contributed by atoms with van der Waals surface area (Å²) < 4.78 is 0.857. The van der Waals surface area contributed by atoms with Crippen molar-refractivity contribution in [2.75, 3.05) is 0 Å². The molecule has 3 heteroatoms. The summed E-state index contributed by atoms with van der Waals surface area (Å²) in [4.78, 5) is 1.34. The van der Waals surface area contributed by atoms with E-state index in [1.807, 2.05) is 6.07 Å². The number of thiophene rings is 1. The molecule has 11 heavy (non-hydrogen) atoms. The molecule has 1 heterocycles. The molecule has 2 rings (SSSR count). The van der Waals surface area contributed by atoms with E-state index >= 15 is 0 Å². The highest BCUT2D eigenvalue weighted by Crippen LogP contribution is 2.48. The van der Waals surface area contributed by atoms with Crippen LogP contribution in [0.25, 0.3) is 0 Å². The molecule has 0 aromatic carbocycles. The summed E-state index contributed by atoms with van der Waals surface area (Å²) in [6, 6.07) is 4.00. The van der Waals surface area contributed by atoms with Gasteiger partial charge in [0.1, 0.15) is 0 Å². The molecule has 58 valence electrons. The highest BCUT2D eigenvalue weighted by Gasteiger charge is 2.37. The zero-order valence-electron chi connectivity index (χ0n) is 5.88. The predicted molar refractivity (Wildman–Crippen MR) is 49.0 cm³/mol. The topological polar surface area (TPSA) is 23.9 Å². The lowest BCUT2D eigenvalue weighted by Gasteiger charge is -1.87. The first-order chi connectivity index (χ1) is 5.31. The van der Waals surface area contributed by atoms with Crippen LogP contribution < -0.4 is 0 Å². The van der Waals surface area contributed by atoms with Gasteiger partial charge in [-0.25, -0.2) is 0 Å². The van der Waals surface area contributed by atoms with Crippen LogP contribution in [0.2, 0.25) is 4.34 Å². The Labute approximate surface area is 74.5 Å². The average molecular weight is 186 g/mol. The SMILES string of the molecule is N=CC1CC1c1ccc(Cl)s1. The van der Waals surface area contributed by atoms with Crippen LogP contribution >= 0.6 is 22.9 Å². The highest BCUT2D eigenvalue weighted by atomic mass is 35.5. The molecule has 2 atom stereocenters. The van der Waals surface area contributed by atoms with Gasteiger partial charge in [-0.1, -0.05) is 11.6 Å². The van der Waals surface area contributed by atoms with Gasteiger partial charge in [0.05, 0.1) is 4.34 Å². The first-order valence-electron chi connectivity index (χ1n) is 3.57. The molecular weight excluding hydrogens is 178 g/mol. The zero-order valence-corrected chi connectivity index (χ0v) is 7.45. The molecular formula is C8H8ClNS. The molecule has 1 fully saturated rings. The van der Waals surface area contributed by atoms with E-state index in [0.717, 1.165) is 10.8 Å². The van der Waals surface area contributed by atoms with Crippen molar-refractivity contribution in [3.05, 3.63) is 21.3 Å². The van der Waals surface area contributed by atoms with E-state index in [2.05, 4.69) is 6.07 Å². The van der Waals surface area contributed by atoms with E-state index in [4.69, 9.17) is 17.0 Å². The van der Waals surface area contributed by atoms with Crippen LogP contribution in [0.1, 0.15) is 17.2 Å². The molecule has 0 spiro atoms. The van der Waals surface area contributed by atoms with Gasteiger partial charge in [0.2, 0.25) is 0 Å². The Bertz CT molecular complexity index is 281. The van der Waals surface area contributed by atoms with Gasteiger partial charge in [-0.2, -0.15) is 0 Å². The standard InChI is InChI=1S/C8H8ClNS/c9-8-2-1-7(11-8)6-3-5(6)4-10/h1-2,4-6,10H,3H2. The van der Waals surface area contributed by atoms with Crippen LogP contribution in [0.3, 0.4) is 0 Å². The van der Waals surface area contributed by atoms with Crippen LogP contribution in [-0.4, -0.2) is 6.21 Å². The minimum absolute atomic E-state index is 0.490. The van der Waals surface area contributed by atoms with Crippen molar-refractivity contribution in [3.63, 3.8) is 0 Å². The minimum Gasteiger partial charge on any atom is -0.313 e. The van der Waals surface area contributed by atoms with Crippen LogP contribution in [0.4, 0.5) is 0 Å². The summed E-state index contributed by atoms with van der Waals surface area (Å²) in [5, 5.41) is 7.05. The van der Waals surface area contributed by atoms with E-state index in [-0.39, 0.29) is 0 Å². The lowest BCUT2D eigenvalue weighted by molar-refractivity contribution is 1.09. The summed E-state index contributed by atoms with van der Waals surface area (Å²) in [6.45, 7) is 0. The Hall–Kier alpha value is -0.340. The van der Waals surface area contributed by atoms with Crippen molar-refractivity contribution in [1.29, 1.82) is 5.41 Å². The smallest absolute Gasteiger partial charge is 0.0931 e. The second-order valence-corrected chi connectivity index (χ2v) is 4.56. The third-order valence-corrected chi connectivity index (χ3v) is 3.38. The number of hydrogen-bond donors (Lipinski definition) is 1. The number of hydrogen-bond acceptors (Lipinski definition) is 2. The maximum Gasteiger partial charge on any atom is 0.0931 e. The monoisotopic (exact) mass is 185 g/mol. The number of nitrogens with one attached hydrogen (secondary N) is 1. The van der Waals surface area contributed by atoms with E-state index in [0.29, 0.717) is 11.8 Å². The zero-order chi connectivity index (χ0) is 7.84. The minimum atomic E-state index is 0.490. The van der Waals surface area contributed by atoms with Gasteiger partial charge < -0.3 is 5.41 Å². The van der Waals surface area contributed by atoms with Crippen molar-refractivity contribution in [3.8, 4) is 0 Å². The van der Waals surface area contributed by atoms with Crippen LogP contribution in [-0.2, 0) is 0 Å². The maximum absolute atomic E-state index is 7.05. The molecule has 0 bridgehead atoms. The van der Waals surface area contributed by atoms with Gasteiger partial charge in [-0.15, -0.1) is 11.3 Å². The van der Waals surface area contributed by atoms with Crippen LogP contribution in [0.5, 0.6) is 0 Å². The second-order valence-electron chi connectivity index (χ2n) is 2.81. The van der Waals surface area contributed by atoms with Crippen molar-refractivity contribution in [2.45, 2.75) is 12.3 Å². The van der Waals surface area contributed by atoms with Crippen molar-refractivity contribution in [2.24, 2.45) is 5.92 Å². The van der Waals surface area contributed by atoms with Gasteiger partial charge in [0, 0.05) is 16.7 Å². The number of rotatable bonds is 2. The van der Waals surface area contributed by atoms with Crippen molar-refractivity contribution in [1.82, 2.24) is 0 Å². The molecule has 1 saturated carbocycles. The maximum atomic E-state index is 7.05. The molecule has 0 aliphatic heterocycles. The molecule has 1 aliphatic carbocycles. The Morgan fingerprint density at radius 1 is 1.64 bits per heavy atom. The highest BCUT2D eigenvalue weighted by molar-refractivity contribution is 7.16. The Balaban J connectivity index is 2.14. The third kappa shape index (κ3) is 1.33. The first kappa shape index (κ1) is 7.32. The van der Waals surface area contributed by atoms with Gasteiger partial charge >= 0.3 is 0 Å². The second kappa shape index (κ2) is 2.61. The molecule has 0 saturated heterocycles. The normalized spacial score (nSPS) is 28.5. The predicted octanol–water partition coefficient (Wildman–Crippen LogP) is 3.15. The van der Waals surface area contributed by atoms with E-state index in [1.165, 1.54) is 11.1 Å². The van der Waals surface area contributed by atoms with E-state index in [9.17, 15) is 0 Å². The Morgan fingerprint density at radius 3 is 2.91 bits per heavy atom.